The largest absolute Gasteiger partial charge is 0.489 e. The first-order valence-electron chi connectivity index (χ1n) is 7.94. The summed E-state index contributed by atoms with van der Waals surface area (Å²) in [6.07, 6.45) is 0. The number of benzene rings is 2. The van der Waals surface area contributed by atoms with Crippen molar-refractivity contribution < 1.29 is 18.8 Å². The van der Waals surface area contributed by atoms with E-state index in [0.717, 1.165) is 11.1 Å². The number of amides is 1. The van der Waals surface area contributed by atoms with Crippen LogP contribution in [-0.4, -0.2) is 10.8 Å². The molecule has 1 heterocycles. The van der Waals surface area contributed by atoms with Crippen molar-refractivity contribution >= 4 is 28.6 Å². The minimum absolute atomic E-state index is 0.140. The van der Waals surface area contributed by atoms with Crippen LogP contribution in [0.15, 0.2) is 53.9 Å². The molecule has 2 aromatic carbocycles. The molecule has 138 valence electrons. The maximum absolute atomic E-state index is 13.1. The Balaban J connectivity index is 1.68. The van der Waals surface area contributed by atoms with Gasteiger partial charge >= 0.3 is 0 Å². The number of nitro groups is 1. The van der Waals surface area contributed by atoms with E-state index < -0.39 is 16.6 Å². The van der Waals surface area contributed by atoms with Gasteiger partial charge in [0.1, 0.15) is 23.9 Å². The second kappa shape index (κ2) is 7.96. The third-order valence-corrected chi connectivity index (χ3v) is 4.66. The molecule has 0 radical (unpaired) electrons. The summed E-state index contributed by atoms with van der Waals surface area (Å²) < 4.78 is 18.6. The van der Waals surface area contributed by atoms with Crippen LogP contribution in [0.3, 0.4) is 0 Å². The van der Waals surface area contributed by atoms with Gasteiger partial charge in [0.25, 0.3) is 11.6 Å². The van der Waals surface area contributed by atoms with E-state index in [1.165, 1.54) is 35.6 Å². The van der Waals surface area contributed by atoms with E-state index >= 15 is 0 Å². The highest BCUT2D eigenvalue weighted by Gasteiger charge is 2.18. The molecule has 0 unspecified atom stereocenters. The van der Waals surface area contributed by atoms with E-state index in [2.05, 4.69) is 5.32 Å². The van der Waals surface area contributed by atoms with Crippen LogP contribution in [0.4, 0.5) is 15.8 Å². The molecule has 3 aromatic rings. The number of halogens is 1. The molecule has 27 heavy (non-hydrogen) atoms. The first-order chi connectivity index (χ1) is 12.9. The van der Waals surface area contributed by atoms with Gasteiger partial charge in [-0.05, 0) is 42.1 Å². The van der Waals surface area contributed by atoms with E-state index in [1.54, 1.807) is 36.6 Å². The summed E-state index contributed by atoms with van der Waals surface area (Å²) in [4.78, 5) is 23.4. The number of carbonyl (C=O) groups is 1. The molecule has 0 fully saturated rings. The average molecular weight is 386 g/mol. The number of hydrogen-bond donors (Lipinski definition) is 1. The van der Waals surface area contributed by atoms with Crippen LogP contribution in [0.25, 0.3) is 0 Å². The Hall–Kier alpha value is -3.26. The van der Waals surface area contributed by atoms with Crippen molar-refractivity contribution in [3.8, 4) is 5.75 Å². The Morgan fingerprint density at radius 1 is 1.26 bits per heavy atom. The fourth-order valence-electron chi connectivity index (χ4n) is 2.38. The molecule has 3 rings (SSSR count). The second-order valence-electron chi connectivity index (χ2n) is 5.80. The lowest BCUT2D eigenvalue weighted by atomic mass is 10.2. The number of aryl methyl sites for hydroxylation is 1. The quantitative estimate of drug-likeness (QED) is 0.481. The number of thiophene rings is 1. The van der Waals surface area contributed by atoms with Gasteiger partial charge in [-0.25, -0.2) is 4.39 Å². The number of nitro benzene ring substituents is 1. The Morgan fingerprint density at radius 3 is 2.81 bits per heavy atom. The SMILES string of the molecule is Cc1ccc(NC(=O)c2cc(COc3cccc(F)c3)cs2)c([N+](=O)[O-])c1. The molecule has 0 saturated heterocycles. The lowest BCUT2D eigenvalue weighted by Crippen LogP contribution is -2.11. The molecule has 6 nitrogen and oxygen atoms in total. The molecule has 1 amide bonds. The molecule has 0 atom stereocenters. The third kappa shape index (κ3) is 4.68. The summed E-state index contributed by atoms with van der Waals surface area (Å²) in [7, 11) is 0. The van der Waals surface area contributed by atoms with E-state index in [-0.39, 0.29) is 18.0 Å². The van der Waals surface area contributed by atoms with Crippen LogP contribution in [0.5, 0.6) is 5.75 Å². The maximum atomic E-state index is 13.1. The standard InChI is InChI=1S/C19H15FN2O4S/c1-12-5-6-16(17(7-12)22(24)25)21-19(23)18-8-13(11-27-18)10-26-15-4-2-3-14(20)9-15/h2-9,11H,10H2,1H3,(H,21,23). The molecule has 0 aliphatic carbocycles. The van der Waals surface area contributed by atoms with Crippen LogP contribution >= 0.6 is 11.3 Å². The minimum Gasteiger partial charge on any atom is -0.489 e. The molecule has 0 spiro atoms. The van der Waals surface area contributed by atoms with E-state index in [0.29, 0.717) is 10.6 Å². The predicted molar refractivity (Wildman–Crippen MR) is 101 cm³/mol. The molecule has 0 saturated carbocycles. The zero-order valence-corrected chi connectivity index (χ0v) is 15.1. The second-order valence-corrected chi connectivity index (χ2v) is 6.71. The van der Waals surface area contributed by atoms with Crippen molar-refractivity contribution in [1.82, 2.24) is 0 Å². The van der Waals surface area contributed by atoms with Gasteiger partial charge in [0.15, 0.2) is 0 Å². The molecule has 0 aliphatic rings. The zero-order chi connectivity index (χ0) is 19.4. The number of ether oxygens (including phenoxy) is 1. The highest BCUT2D eigenvalue weighted by atomic mass is 32.1. The van der Waals surface area contributed by atoms with Gasteiger partial charge in [0.2, 0.25) is 0 Å². The fourth-order valence-corrected chi connectivity index (χ4v) is 3.17. The monoisotopic (exact) mass is 386 g/mol. The van der Waals surface area contributed by atoms with Crippen molar-refractivity contribution in [2.45, 2.75) is 13.5 Å². The summed E-state index contributed by atoms with van der Waals surface area (Å²) in [5.41, 5.74) is 1.46. The Kier molecular flexibility index (Phi) is 5.46. The molecular weight excluding hydrogens is 371 g/mol. The number of rotatable bonds is 6. The van der Waals surface area contributed by atoms with Crippen molar-refractivity contribution in [2.24, 2.45) is 0 Å². The lowest BCUT2D eigenvalue weighted by molar-refractivity contribution is -0.384. The van der Waals surface area contributed by atoms with E-state index in [9.17, 15) is 19.3 Å². The number of nitrogens with zero attached hydrogens (tertiary/aromatic N) is 1. The summed E-state index contributed by atoms with van der Waals surface area (Å²) in [6, 6.07) is 12.0. The molecule has 1 aromatic heterocycles. The maximum Gasteiger partial charge on any atom is 0.293 e. The Labute approximate surface area is 158 Å². The highest BCUT2D eigenvalue weighted by Crippen LogP contribution is 2.27. The first kappa shape index (κ1) is 18.5. The van der Waals surface area contributed by atoms with E-state index in [4.69, 9.17) is 4.74 Å². The third-order valence-electron chi connectivity index (χ3n) is 3.68. The predicted octanol–water partition coefficient (Wildman–Crippen LogP) is 4.94. The van der Waals surface area contributed by atoms with Gasteiger partial charge < -0.3 is 10.1 Å². The van der Waals surface area contributed by atoms with Gasteiger partial charge in [-0.15, -0.1) is 11.3 Å². The van der Waals surface area contributed by atoms with Crippen LogP contribution in [-0.2, 0) is 6.61 Å². The van der Waals surface area contributed by atoms with Crippen LogP contribution in [0.1, 0.15) is 20.8 Å². The minimum atomic E-state index is -0.532. The lowest BCUT2D eigenvalue weighted by Gasteiger charge is -2.05. The normalized spacial score (nSPS) is 10.4. The van der Waals surface area contributed by atoms with Gasteiger partial charge in [0.05, 0.1) is 9.80 Å². The Bertz CT molecular complexity index is 1000. The molecule has 0 aliphatic heterocycles. The van der Waals surface area contributed by atoms with Gasteiger partial charge in [-0.1, -0.05) is 12.1 Å². The van der Waals surface area contributed by atoms with Crippen LogP contribution < -0.4 is 10.1 Å². The van der Waals surface area contributed by atoms with Crippen molar-refractivity contribution in [2.75, 3.05) is 5.32 Å². The highest BCUT2D eigenvalue weighted by molar-refractivity contribution is 7.12. The van der Waals surface area contributed by atoms with Gasteiger partial charge in [-0.2, -0.15) is 0 Å². The van der Waals surface area contributed by atoms with Gasteiger partial charge in [0, 0.05) is 17.7 Å². The van der Waals surface area contributed by atoms with E-state index in [1.807, 2.05) is 0 Å². The molecule has 0 bridgehead atoms. The van der Waals surface area contributed by atoms with Crippen LogP contribution in [0, 0.1) is 22.9 Å². The number of hydrogen-bond acceptors (Lipinski definition) is 5. The number of anilines is 1. The van der Waals surface area contributed by atoms with Crippen molar-refractivity contribution in [1.29, 1.82) is 0 Å². The average Bonchev–Trinajstić information content (AvgIpc) is 3.10. The topological polar surface area (TPSA) is 81.5 Å². The summed E-state index contributed by atoms with van der Waals surface area (Å²) in [5.74, 6) is -0.441. The number of carbonyl (C=O) groups excluding carboxylic acids is 1. The zero-order valence-electron chi connectivity index (χ0n) is 14.3. The summed E-state index contributed by atoms with van der Waals surface area (Å²) in [6.45, 7) is 1.92. The molecular formula is C19H15FN2O4S. The summed E-state index contributed by atoms with van der Waals surface area (Å²) >= 11 is 1.20. The van der Waals surface area contributed by atoms with Gasteiger partial charge in [-0.3, -0.25) is 14.9 Å². The van der Waals surface area contributed by atoms with Crippen molar-refractivity contribution in [3.05, 3.63) is 85.8 Å². The van der Waals surface area contributed by atoms with Crippen molar-refractivity contribution in [3.63, 3.8) is 0 Å². The van der Waals surface area contributed by atoms with Crippen LogP contribution in [0.2, 0.25) is 0 Å². The number of nitrogens with one attached hydrogen (secondary N) is 1. The molecule has 8 heteroatoms. The fraction of sp³-hybridized carbons (Fsp3) is 0.105. The summed E-state index contributed by atoms with van der Waals surface area (Å²) in [5, 5.41) is 15.5. The molecule has 1 N–H and O–H groups in total. The first-order valence-corrected chi connectivity index (χ1v) is 8.82. The smallest absolute Gasteiger partial charge is 0.293 e. The Morgan fingerprint density at radius 2 is 2.07 bits per heavy atom.